The molecule has 1 atom stereocenters. The summed E-state index contributed by atoms with van der Waals surface area (Å²) in [5.74, 6) is -1.78. The van der Waals surface area contributed by atoms with Crippen molar-refractivity contribution in [3.05, 3.63) is 43.0 Å². The molecule has 0 heterocycles. The molecule has 6 nitrogen and oxygen atoms in total. The van der Waals surface area contributed by atoms with Crippen LogP contribution >= 0.6 is 0 Å². The SMILES string of the molecule is C=CC(=O)O.CC(O)(COCCO)Oc1ccccc1. The highest BCUT2D eigenvalue weighted by molar-refractivity contribution is 5.78. The smallest absolute Gasteiger partial charge is 0.327 e. The van der Waals surface area contributed by atoms with Crippen LogP contribution in [0.4, 0.5) is 0 Å². The number of aliphatic carboxylic acids is 1. The summed E-state index contributed by atoms with van der Waals surface area (Å²) in [7, 11) is 0. The zero-order chi connectivity index (χ0) is 15.4. The number of para-hydroxylation sites is 1. The lowest BCUT2D eigenvalue weighted by molar-refractivity contribution is -0.165. The highest BCUT2D eigenvalue weighted by atomic mass is 16.6. The van der Waals surface area contributed by atoms with E-state index in [1.54, 1.807) is 12.1 Å². The number of carboxylic acids is 1. The number of carboxylic acid groups (broad SMARTS) is 1. The highest BCUT2D eigenvalue weighted by Gasteiger charge is 2.22. The average molecular weight is 284 g/mol. The van der Waals surface area contributed by atoms with E-state index in [2.05, 4.69) is 6.58 Å². The van der Waals surface area contributed by atoms with E-state index >= 15 is 0 Å². The molecule has 0 radical (unpaired) electrons. The number of aliphatic hydroxyl groups is 2. The van der Waals surface area contributed by atoms with Crippen LogP contribution in [0.1, 0.15) is 6.92 Å². The standard InChI is InChI=1S/C11H16O4.C3H4O2/c1-11(13,9-14-8-7-12)15-10-5-3-2-4-6-10;1-2-3(4)5/h2-6,12-13H,7-9H2,1H3;2H,1H2,(H,4,5). The normalized spacial score (nSPS) is 12.6. The molecule has 0 fully saturated rings. The Hall–Kier alpha value is -1.89. The molecule has 0 saturated heterocycles. The lowest BCUT2D eigenvalue weighted by Gasteiger charge is -2.24. The fourth-order valence-electron chi connectivity index (χ4n) is 1.10. The van der Waals surface area contributed by atoms with Crippen molar-refractivity contribution < 1.29 is 29.6 Å². The van der Waals surface area contributed by atoms with Crippen LogP contribution in [0.25, 0.3) is 0 Å². The fraction of sp³-hybridized carbons (Fsp3) is 0.357. The van der Waals surface area contributed by atoms with Gasteiger partial charge in [-0.2, -0.15) is 0 Å². The molecule has 0 saturated carbocycles. The predicted molar refractivity (Wildman–Crippen MR) is 73.4 cm³/mol. The Labute approximate surface area is 117 Å². The molecule has 3 N–H and O–H groups in total. The summed E-state index contributed by atoms with van der Waals surface area (Å²) in [5.41, 5.74) is 0. The Balaban J connectivity index is 0.000000621. The van der Waals surface area contributed by atoms with E-state index in [9.17, 15) is 9.90 Å². The Morgan fingerprint density at radius 2 is 1.95 bits per heavy atom. The number of hydrogen-bond donors (Lipinski definition) is 3. The molecule has 0 aliphatic rings. The van der Waals surface area contributed by atoms with Crippen molar-refractivity contribution in [1.29, 1.82) is 0 Å². The van der Waals surface area contributed by atoms with Crippen molar-refractivity contribution in [2.24, 2.45) is 0 Å². The van der Waals surface area contributed by atoms with Crippen LogP contribution in [0.15, 0.2) is 43.0 Å². The number of carbonyl (C=O) groups is 1. The lowest BCUT2D eigenvalue weighted by atomic mass is 10.3. The molecule has 0 spiro atoms. The molecular weight excluding hydrogens is 264 g/mol. The van der Waals surface area contributed by atoms with Crippen LogP contribution in [0.3, 0.4) is 0 Å². The molecule has 1 rings (SSSR count). The third-order valence-electron chi connectivity index (χ3n) is 1.86. The fourth-order valence-corrected chi connectivity index (χ4v) is 1.10. The summed E-state index contributed by atoms with van der Waals surface area (Å²) in [4.78, 5) is 9.25. The van der Waals surface area contributed by atoms with Gasteiger partial charge in [0.05, 0.1) is 13.2 Å². The number of benzene rings is 1. The molecule has 1 aromatic rings. The first-order chi connectivity index (χ1) is 9.41. The van der Waals surface area contributed by atoms with E-state index in [0.29, 0.717) is 5.75 Å². The number of hydrogen-bond acceptors (Lipinski definition) is 5. The lowest BCUT2D eigenvalue weighted by Crippen LogP contribution is -2.37. The van der Waals surface area contributed by atoms with Gasteiger partial charge in [0.2, 0.25) is 5.79 Å². The van der Waals surface area contributed by atoms with Gasteiger partial charge >= 0.3 is 5.97 Å². The molecule has 0 aromatic heterocycles. The number of ether oxygens (including phenoxy) is 2. The van der Waals surface area contributed by atoms with Gasteiger partial charge in [0.1, 0.15) is 12.4 Å². The maximum atomic E-state index is 9.77. The van der Waals surface area contributed by atoms with Crippen LogP contribution < -0.4 is 4.74 Å². The summed E-state index contributed by atoms with van der Waals surface area (Å²) in [6, 6.07) is 9.00. The van der Waals surface area contributed by atoms with Crippen LogP contribution in [0.5, 0.6) is 5.75 Å². The molecular formula is C14H20O6. The highest BCUT2D eigenvalue weighted by Crippen LogP contribution is 2.15. The zero-order valence-corrected chi connectivity index (χ0v) is 11.4. The van der Waals surface area contributed by atoms with Gasteiger partial charge in [-0.05, 0) is 12.1 Å². The van der Waals surface area contributed by atoms with Crippen LogP contribution in [-0.4, -0.2) is 46.9 Å². The molecule has 0 bridgehead atoms. The molecule has 1 unspecified atom stereocenters. The van der Waals surface area contributed by atoms with Gasteiger partial charge in [0.15, 0.2) is 0 Å². The molecule has 20 heavy (non-hydrogen) atoms. The monoisotopic (exact) mass is 284 g/mol. The molecule has 6 heteroatoms. The Morgan fingerprint density at radius 1 is 1.40 bits per heavy atom. The quantitative estimate of drug-likeness (QED) is 0.393. The van der Waals surface area contributed by atoms with Crippen molar-refractivity contribution in [2.45, 2.75) is 12.7 Å². The summed E-state index contributed by atoms with van der Waals surface area (Å²) in [6.07, 6.45) is 0.833. The van der Waals surface area contributed by atoms with E-state index in [1.165, 1.54) is 6.92 Å². The van der Waals surface area contributed by atoms with Crippen molar-refractivity contribution in [1.82, 2.24) is 0 Å². The summed E-state index contributed by atoms with van der Waals surface area (Å²) >= 11 is 0. The van der Waals surface area contributed by atoms with E-state index in [-0.39, 0.29) is 19.8 Å². The Kier molecular flexibility index (Phi) is 9.02. The molecule has 1 aromatic carbocycles. The second kappa shape index (κ2) is 9.96. The van der Waals surface area contributed by atoms with Crippen molar-refractivity contribution in [3.63, 3.8) is 0 Å². The molecule has 112 valence electrons. The van der Waals surface area contributed by atoms with E-state index in [4.69, 9.17) is 19.7 Å². The van der Waals surface area contributed by atoms with E-state index in [1.807, 2.05) is 18.2 Å². The van der Waals surface area contributed by atoms with E-state index in [0.717, 1.165) is 6.08 Å². The first-order valence-corrected chi connectivity index (χ1v) is 5.91. The minimum absolute atomic E-state index is 0.0163. The maximum absolute atomic E-state index is 9.77. The number of aliphatic hydroxyl groups excluding tert-OH is 1. The minimum Gasteiger partial charge on any atom is -0.478 e. The molecule has 0 aliphatic heterocycles. The first kappa shape index (κ1) is 18.1. The zero-order valence-electron chi connectivity index (χ0n) is 11.4. The largest absolute Gasteiger partial charge is 0.478 e. The molecule has 0 amide bonds. The maximum Gasteiger partial charge on any atom is 0.327 e. The topological polar surface area (TPSA) is 96.2 Å². The average Bonchev–Trinajstić information content (AvgIpc) is 2.40. The predicted octanol–water partition coefficient (Wildman–Crippen LogP) is 1.04. The Bertz CT molecular complexity index is 388. The molecule has 0 aliphatic carbocycles. The third-order valence-corrected chi connectivity index (χ3v) is 1.86. The van der Waals surface area contributed by atoms with Crippen molar-refractivity contribution >= 4 is 5.97 Å². The second-order valence-corrected chi connectivity index (χ2v) is 3.91. The van der Waals surface area contributed by atoms with Gasteiger partial charge in [-0.15, -0.1) is 0 Å². The van der Waals surface area contributed by atoms with Crippen LogP contribution in [-0.2, 0) is 9.53 Å². The van der Waals surface area contributed by atoms with Gasteiger partial charge in [-0.1, -0.05) is 24.8 Å². The first-order valence-electron chi connectivity index (χ1n) is 5.91. The Morgan fingerprint density at radius 3 is 2.40 bits per heavy atom. The van der Waals surface area contributed by atoms with Crippen molar-refractivity contribution in [2.75, 3.05) is 19.8 Å². The minimum atomic E-state index is -1.38. The number of rotatable bonds is 7. The summed E-state index contributed by atoms with van der Waals surface area (Å²) in [5, 5.41) is 25.9. The van der Waals surface area contributed by atoms with Gasteiger partial charge < -0.3 is 24.8 Å². The summed E-state index contributed by atoms with van der Waals surface area (Å²) < 4.78 is 10.3. The van der Waals surface area contributed by atoms with Gasteiger partial charge in [-0.25, -0.2) is 4.79 Å². The van der Waals surface area contributed by atoms with E-state index < -0.39 is 11.8 Å². The van der Waals surface area contributed by atoms with Crippen LogP contribution in [0, 0.1) is 0 Å². The summed E-state index contributed by atoms with van der Waals surface area (Å²) in [6.45, 7) is 4.61. The van der Waals surface area contributed by atoms with Crippen molar-refractivity contribution in [3.8, 4) is 5.75 Å². The third kappa shape index (κ3) is 10.1. The van der Waals surface area contributed by atoms with Gasteiger partial charge in [-0.3, -0.25) is 0 Å². The van der Waals surface area contributed by atoms with Gasteiger partial charge in [0.25, 0.3) is 0 Å². The second-order valence-electron chi connectivity index (χ2n) is 3.91. The van der Waals surface area contributed by atoms with Gasteiger partial charge in [0, 0.05) is 13.0 Å². The van der Waals surface area contributed by atoms with Crippen LogP contribution in [0.2, 0.25) is 0 Å².